The summed E-state index contributed by atoms with van der Waals surface area (Å²) in [4.78, 5) is 16.2. The molecule has 0 saturated carbocycles. The Morgan fingerprint density at radius 3 is 2.58 bits per heavy atom. The number of anilines is 1. The summed E-state index contributed by atoms with van der Waals surface area (Å²) < 4.78 is 0. The normalized spacial score (nSPS) is 10.5. The summed E-state index contributed by atoms with van der Waals surface area (Å²) in [6, 6.07) is 9.74. The van der Waals surface area contributed by atoms with Crippen LogP contribution in [0.2, 0.25) is 0 Å². The van der Waals surface area contributed by atoms with E-state index in [0.717, 1.165) is 25.1 Å². The van der Waals surface area contributed by atoms with Gasteiger partial charge in [0.15, 0.2) is 0 Å². The molecule has 1 aromatic rings. The smallest absolute Gasteiger partial charge is 0.241 e. The van der Waals surface area contributed by atoms with Crippen LogP contribution in [0.15, 0.2) is 43.0 Å². The second-order valence-electron chi connectivity index (χ2n) is 4.72. The van der Waals surface area contributed by atoms with Crippen molar-refractivity contribution in [2.45, 2.75) is 19.8 Å². The molecule has 3 heteroatoms. The van der Waals surface area contributed by atoms with Gasteiger partial charge < -0.3 is 4.90 Å². The molecule has 3 nitrogen and oxygen atoms in total. The third kappa shape index (κ3) is 5.26. The Kier molecular flexibility index (Phi) is 6.90. The highest BCUT2D eigenvalue weighted by molar-refractivity contribution is 5.95. The maximum absolute atomic E-state index is 12.3. The highest BCUT2D eigenvalue weighted by atomic mass is 16.2. The first-order valence-electron chi connectivity index (χ1n) is 6.84. The fourth-order valence-corrected chi connectivity index (χ4v) is 1.91. The number of rotatable bonds is 8. The minimum atomic E-state index is 0.115. The summed E-state index contributed by atoms with van der Waals surface area (Å²) in [5, 5.41) is 0. The number of carbonyl (C=O) groups is 1. The molecule has 0 unspecified atom stereocenters. The lowest BCUT2D eigenvalue weighted by Gasteiger charge is -2.24. The van der Waals surface area contributed by atoms with E-state index < -0.39 is 0 Å². The minimum Gasteiger partial charge on any atom is -0.308 e. The second kappa shape index (κ2) is 8.48. The molecular weight excluding hydrogens is 236 g/mol. The van der Waals surface area contributed by atoms with Gasteiger partial charge in [0, 0.05) is 12.2 Å². The molecular formula is C16H24N2O. The van der Waals surface area contributed by atoms with Crippen molar-refractivity contribution in [3.05, 3.63) is 43.0 Å². The fraction of sp³-hybridized carbons (Fsp3) is 0.438. The molecule has 1 rings (SSSR count). The van der Waals surface area contributed by atoms with Gasteiger partial charge in [-0.05, 0) is 32.1 Å². The molecule has 0 aliphatic heterocycles. The van der Waals surface area contributed by atoms with Gasteiger partial charge in [-0.2, -0.15) is 0 Å². The van der Waals surface area contributed by atoms with Crippen LogP contribution in [0.5, 0.6) is 0 Å². The topological polar surface area (TPSA) is 23.6 Å². The van der Waals surface area contributed by atoms with Crippen LogP contribution < -0.4 is 4.90 Å². The monoisotopic (exact) mass is 260 g/mol. The van der Waals surface area contributed by atoms with Gasteiger partial charge in [0.05, 0.1) is 6.54 Å². The number of benzene rings is 1. The zero-order valence-corrected chi connectivity index (χ0v) is 12.0. The molecule has 1 aromatic carbocycles. The van der Waals surface area contributed by atoms with Gasteiger partial charge in [0.1, 0.15) is 0 Å². The van der Waals surface area contributed by atoms with Crippen LogP contribution in [0.25, 0.3) is 0 Å². The van der Waals surface area contributed by atoms with Crippen LogP contribution in [-0.2, 0) is 4.79 Å². The van der Waals surface area contributed by atoms with Gasteiger partial charge in [0.25, 0.3) is 0 Å². The van der Waals surface area contributed by atoms with Gasteiger partial charge in [-0.25, -0.2) is 0 Å². The Balaban J connectivity index is 2.66. The molecule has 0 fully saturated rings. The van der Waals surface area contributed by atoms with Crippen molar-refractivity contribution >= 4 is 11.6 Å². The molecule has 0 bridgehead atoms. The molecule has 1 amide bonds. The summed E-state index contributed by atoms with van der Waals surface area (Å²) in [6.07, 6.45) is 4.03. The van der Waals surface area contributed by atoms with Crippen molar-refractivity contribution < 1.29 is 4.79 Å². The molecule has 19 heavy (non-hydrogen) atoms. The van der Waals surface area contributed by atoms with Crippen molar-refractivity contribution in [2.24, 2.45) is 0 Å². The zero-order chi connectivity index (χ0) is 14.1. The second-order valence-corrected chi connectivity index (χ2v) is 4.72. The highest BCUT2D eigenvalue weighted by Crippen LogP contribution is 2.13. The first-order chi connectivity index (χ1) is 9.19. The van der Waals surface area contributed by atoms with Crippen molar-refractivity contribution in [3.8, 4) is 0 Å². The molecule has 0 atom stereocenters. The Labute approximate surface area is 116 Å². The predicted molar refractivity (Wildman–Crippen MR) is 81.4 cm³/mol. The largest absolute Gasteiger partial charge is 0.308 e. The molecule has 0 N–H and O–H groups in total. The number of hydrogen-bond donors (Lipinski definition) is 0. The Morgan fingerprint density at radius 1 is 1.32 bits per heavy atom. The van der Waals surface area contributed by atoms with Crippen molar-refractivity contribution in [3.63, 3.8) is 0 Å². The van der Waals surface area contributed by atoms with Crippen LogP contribution >= 0.6 is 0 Å². The Bertz CT molecular complexity index is 389. The summed E-state index contributed by atoms with van der Waals surface area (Å²) in [5.41, 5.74) is 0.927. The molecule has 0 spiro atoms. The van der Waals surface area contributed by atoms with Crippen LogP contribution in [0.1, 0.15) is 19.8 Å². The first kappa shape index (κ1) is 15.4. The summed E-state index contributed by atoms with van der Waals surface area (Å²) >= 11 is 0. The Morgan fingerprint density at radius 2 is 2.00 bits per heavy atom. The first-order valence-corrected chi connectivity index (χ1v) is 6.84. The van der Waals surface area contributed by atoms with E-state index in [9.17, 15) is 4.79 Å². The number of carbonyl (C=O) groups excluding carboxylic acids is 1. The van der Waals surface area contributed by atoms with E-state index in [2.05, 4.69) is 18.4 Å². The molecule has 0 aliphatic rings. The van der Waals surface area contributed by atoms with E-state index in [1.165, 1.54) is 0 Å². The van der Waals surface area contributed by atoms with E-state index in [-0.39, 0.29) is 5.91 Å². The summed E-state index contributed by atoms with van der Waals surface area (Å²) in [6.45, 7) is 7.84. The number of likely N-dealkylation sites (N-methyl/N-ethyl adjacent to an activating group) is 1. The van der Waals surface area contributed by atoms with Crippen molar-refractivity contribution in [2.75, 3.05) is 31.6 Å². The van der Waals surface area contributed by atoms with Gasteiger partial charge in [0.2, 0.25) is 5.91 Å². The molecule has 0 radical (unpaired) electrons. The molecule has 0 heterocycles. The summed E-state index contributed by atoms with van der Waals surface area (Å²) in [7, 11) is 1.99. The molecule has 0 aliphatic carbocycles. The third-order valence-electron chi connectivity index (χ3n) is 2.98. The van der Waals surface area contributed by atoms with Gasteiger partial charge in [-0.3, -0.25) is 9.69 Å². The Hall–Kier alpha value is -1.61. The van der Waals surface area contributed by atoms with E-state index in [1.807, 2.05) is 37.4 Å². The number of amides is 1. The zero-order valence-electron chi connectivity index (χ0n) is 12.0. The van der Waals surface area contributed by atoms with Gasteiger partial charge in [-0.15, -0.1) is 6.58 Å². The van der Waals surface area contributed by atoms with Crippen LogP contribution in [0.4, 0.5) is 5.69 Å². The van der Waals surface area contributed by atoms with E-state index >= 15 is 0 Å². The highest BCUT2D eigenvalue weighted by Gasteiger charge is 2.15. The van der Waals surface area contributed by atoms with Gasteiger partial charge >= 0.3 is 0 Å². The number of para-hydroxylation sites is 1. The van der Waals surface area contributed by atoms with E-state index in [0.29, 0.717) is 13.1 Å². The SMILES string of the molecule is C=CCN(C(=O)CN(C)CCCC)c1ccccc1. The van der Waals surface area contributed by atoms with E-state index in [4.69, 9.17) is 0 Å². The van der Waals surface area contributed by atoms with Crippen LogP contribution in [-0.4, -0.2) is 37.5 Å². The lowest BCUT2D eigenvalue weighted by atomic mass is 10.2. The predicted octanol–water partition coefficient (Wildman–Crippen LogP) is 2.94. The quantitative estimate of drug-likeness (QED) is 0.671. The standard InChI is InChI=1S/C16H24N2O/c1-4-6-13-17(3)14-16(19)18(12-5-2)15-10-8-7-9-11-15/h5,7-11H,2,4,6,12-14H2,1,3H3. The van der Waals surface area contributed by atoms with Gasteiger partial charge in [-0.1, -0.05) is 37.6 Å². The van der Waals surface area contributed by atoms with Crippen LogP contribution in [0.3, 0.4) is 0 Å². The van der Waals surface area contributed by atoms with Crippen LogP contribution in [0, 0.1) is 0 Å². The fourth-order valence-electron chi connectivity index (χ4n) is 1.91. The number of hydrogen-bond acceptors (Lipinski definition) is 2. The molecule has 0 saturated heterocycles. The van der Waals surface area contributed by atoms with Crippen molar-refractivity contribution in [1.82, 2.24) is 4.90 Å². The number of nitrogens with zero attached hydrogens (tertiary/aromatic N) is 2. The lowest BCUT2D eigenvalue weighted by molar-refractivity contribution is -0.119. The minimum absolute atomic E-state index is 0.115. The maximum atomic E-state index is 12.3. The maximum Gasteiger partial charge on any atom is 0.241 e. The molecule has 104 valence electrons. The lowest BCUT2D eigenvalue weighted by Crippen LogP contribution is -2.39. The van der Waals surface area contributed by atoms with Crippen molar-refractivity contribution in [1.29, 1.82) is 0 Å². The summed E-state index contributed by atoms with van der Waals surface area (Å²) in [5.74, 6) is 0.115. The van der Waals surface area contributed by atoms with E-state index in [1.54, 1.807) is 11.0 Å². The number of unbranched alkanes of at least 4 members (excludes halogenated alkanes) is 1. The average molecular weight is 260 g/mol. The average Bonchev–Trinajstić information content (AvgIpc) is 2.43. The third-order valence-corrected chi connectivity index (χ3v) is 2.98. The molecule has 0 aromatic heterocycles.